The van der Waals surface area contributed by atoms with Gasteiger partial charge in [0.15, 0.2) is 0 Å². The average Bonchev–Trinajstić information content (AvgIpc) is 3.41. The predicted molar refractivity (Wildman–Crippen MR) is 143 cm³/mol. The van der Waals surface area contributed by atoms with E-state index in [2.05, 4.69) is 127 Å². The van der Waals surface area contributed by atoms with E-state index in [4.69, 9.17) is 0 Å². The second kappa shape index (κ2) is 7.97. The van der Waals surface area contributed by atoms with Crippen molar-refractivity contribution in [2.75, 3.05) is 0 Å². The van der Waals surface area contributed by atoms with Gasteiger partial charge in [-0.05, 0) is 50.0 Å². The van der Waals surface area contributed by atoms with E-state index >= 15 is 0 Å². The van der Waals surface area contributed by atoms with Crippen LogP contribution in [-0.2, 0) is 0 Å². The third kappa shape index (κ3) is 2.97. The molecule has 1 heteroatoms. The molecule has 0 fully saturated rings. The largest absolute Gasteiger partial charge is 0.0862 e. The molecule has 0 aromatic heterocycles. The molecule has 0 amide bonds. The normalized spacial score (nSPS) is 14.0. The lowest BCUT2D eigenvalue weighted by molar-refractivity contribution is 0.657. The molecule has 0 nitrogen and oxygen atoms in total. The van der Waals surface area contributed by atoms with E-state index in [1.807, 2.05) is 0 Å². The van der Waals surface area contributed by atoms with Crippen LogP contribution in [0.5, 0.6) is 0 Å². The first kappa shape index (κ1) is 19.8. The minimum absolute atomic E-state index is 0.371. The molecule has 2 aliphatic carbocycles. The summed E-state index contributed by atoms with van der Waals surface area (Å²) in [5.41, 5.74) is 12.0. The maximum absolute atomic E-state index is 2.37. The van der Waals surface area contributed by atoms with Gasteiger partial charge in [-0.15, -0.1) is 0 Å². The summed E-state index contributed by atoms with van der Waals surface area (Å²) in [6.07, 6.45) is 0. The van der Waals surface area contributed by atoms with Crippen molar-refractivity contribution in [1.29, 1.82) is 0 Å². The molecule has 0 unspecified atom stereocenters. The second-order valence-corrected chi connectivity index (χ2v) is 10.9. The summed E-state index contributed by atoms with van der Waals surface area (Å²) >= 11 is 0. The number of hydrogen-bond donors (Lipinski definition) is 0. The van der Waals surface area contributed by atoms with Crippen molar-refractivity contribution < 1.29 is 0 Å². The Labute approximate surface area is 203 Å². The summed E-state index contributed by atoms with van der Waals surface area (Å²) in [6.45, 7) is 0. The number of fused-ring (bicyclic) bond motifs is 6. The molecule has 34 heavy (non-hydrogen) atoms. The Balaban J connectivity index is 1.48. The minimum Gasteiger partial charge on any atom is -0.0639 e. The minimum atomic E-state index is 0.371. The first-order valence-corrected chi connectivity index (χ1v) is 13.2. The van der Waals surface area contributed by atoms with Gasteiger partial charge >= 0.3 is 0 Å². The Morgan fingerprint density at radius 3 is 1.09 bits per heavy atom. The van der Waals surface area contributed by atoms with E-state index in [1.165, 1.54) is 49.7 Å². The van der Waals surface area contributed by atoms with Crippen LogP contribution in [0.4, 0.5) is 0 Å². The van der Waals surface area contributed by atoms with Crippen LogP contribution in [-0.4, -0.2) is 9.52 Å². The standard InChI is InChI=1S/C33H24Si/c1-2-12-22(13-3-1)34-33(31-27-18-8-4-14-23(27)24-15-5-9-19-28(24)31)32-29-20-10-6-16-25(29)26-17-7-11-21-30(26)32/h1-21,31-33H. The van der Waals surface area contributed by atoms with Crippen LogP contribution in [0.25, 0.3) is 22.3 Å². The topological polar surface area (TPSA) is 0 Å². The number of benzene rings is 5. The lowest BCUT2D eigenvalue weighted by Crippen LogP contribution is -2.28. The zero-order valence-electron chi connectivity index (χ0n) is 18.9. The summed E-state index contributed by atoms with van der Waals surface area (Å²) in [5, 5.41) is 1.44. The van der Waals surface area contributed by atoms with Gasteiger partial charge in [0.25, 0.3) is 0 Å². The Hall–Kier alpha value is -3.68. The van der Waals surface area contributed by atoms with Gasteiger partial charge in [0, 0.05) is 11.8 Å². The molecule has 7 rings (SSSR count). The van der Waals surface area contributed by atoms with Crippen LogP contribution < -0.4 is 5.19 Å². The third-order valence-electron chi connectivity index (χ3n) is 7.59. The highest BCUT2D eigenvalue weighted by Crippen LogP contribution is 2.58. The van der Waals surface area contributed by atoms with Crippen molar-refractivity contribution in [3.63, 3.8) is 0 Å². The second-order valence-electron chi connectivity index (χ2n) is 9.34. The summed E-state index contributed by atoms with van der Waals surface area (Å²) in [7, 11) is 0.712. The molecule has 0 saturated heterocycles. The molecule has 0 spiro atoms. The smallest absolute Gasteiger partial charge is 0.0639 e. The predicted octanol–water partition coefficient (Wildman–Crippen LogP) is 7.43. The molecule has 5 aromatic carbocycles. The molecule has 5 aromatic rings. The molecule has 0 saturated carbocycles. The van der Waals surface area contributed by atoms with Crippen molar-refractivity contribution in [3.8, 4) is 22.3 Å². The van der Waals surface area contributed by atoms with Gasteiger partial charge in [-0.3, -0.25) is 0 Å². The van der Waals surface area contributed by atoms with Crippen LogP contribution >= 0.6 is 0 Å². The molecule has 160 valence electrons. The highest BCUT2D eigenvalue weighted by atomic mass is 28.2. The lowest BCUT2D eigenvalue weighted by Gasteiger charge is -2.32. The van der Waals surface area contributed by atoms with Gasteiger partial charge in [-0.25, -0.2) is 0 Å². The fourth-order valence-corrected chi connectivity index (χ4v) is 8.07. The molecule has 0 N–H and O–H groups in total. The quantitative estimate of drug-likeness (QED) is 0.251. The summed E-state index contributed by atoms with van der Waals surface area (Å²) in [5.74, 6) is 0.741. The molecule has 2 radical (unpaired) electrons. The van der Waals surface area contributed by atoms with Crippen LogP contribution in [0, 0.1) is 0 Å². The zero-order chi connectivity index (χ0) is 22.5. The van der Waals surface area contributed by atoms with Gasteiger partial charge in [-0.2, -0.15) is 0 Å². The van der Waals surface area contributed by atoms with E-state index in [0.29, 0.717) is 26.9 Å². The average molecular weight is 449 g/mol. The molecular weight excluding hydrogens is 424 g/mol. The van der Waals surface area contributed by atoms with E-state index in [0.717, 1.165) is 0 Å². The monoisotopic (exact) mass is 448 g/mol. The number of hydrogen-bond acceptors (Lipinski definition) is 0. The molecule has 0 aliphatic heterocycles. The summed E-state index contributed by atoms with van der Waals surface area (Å²) in [6, 6.07) is 47.5. The van der Waals surface area contributed by atoms with Crippen molar-refractivity contribution in [1.82, 2.24) is 0 Å². The fraction of sp³-hybridized carbons (Fsp3) is 0.0909. The van der Waals surface area contributed by atoms with Crippen LogP contribution in [0.2, 0.25) is 5.54 Å². The molecule has 0 bridgehead atoms. The van der Waals surface area contributed by atoms with Gasteiger partial charge in [0.1, 0.15) is 0 Å². The highest BCUT2D eigenvalue weighted by Gasteiger charge is 2.42. The van der Waals surface area contributed by atoms with E-state index in [9.17, 15) is 0 Å². The Morgan fingerprint density at radius 2 is 0.706 bits per heavy atom. The Kier molecular flexibility index (Phi) is 4.63. The van der Waals surface area contributed by atoms with Crippen molar-refractivity contribution >= 4 is 14.7 Å². The first-order valence-electron chi connectivity index (χ1n) is 12.1. The molecular formula is C33H24Si. The number of rotatable bonds is 4. The van der Waals surface area contributed by atoms with Gasteiger partial charge in [-0.1, -0.05) is 133 Å². The first-order chi connectivity index (χ1) is 16.9. The molecule has 2 aliphatic rings. The fourth-order valence-electron chi connectivity index (χ4n) is 6.25. The highest BCUT2D eigenvalue weighted by molar-refractivity contribution is 6.55. The SMILES string of the molecule is c1ccc([Si]C(C2c3ccccc3-c3ccccc32)C2c3ccccc3-c3ccccc32)cc1. The van der Waals surface area contributed by atoms with Crippen LogP contribution in [0.1, 0.15) is 34.1 Å². The molecule has 0 heterocycles. The third-order valence-corrected chi connectivity index (χ3v) is 9.26. The van der Waals surface area contributed by atoms with E-state index < -0.39 is 0 Å². The molecule has 0 atom stereocenters. The Morgan fingerprint density at radius 1 is 0.382 bits per heavy atom. The maximum atomic E-state index is 2.37. The van der Waals surface area contributed by atoms with E-state index in [1.54, 1.807) is 0 Å². The van der Waals surface area contributed by atoms with Crippen LogP contribution in [0.15, 0.2) is 127 Å². The van der Waals surface area contributed by atoms with Crippen LogP contribution in [0.3, 0.4) is 0 Å². The van der Waals surface area contributed by atoms with Gasteiger partial charge in [0.05, 0.1) is 9.52 Å². The van der Waals surface area contributed by atoms with Gasteiger partial charge in [0.2, 0.25) is 0 Å². The maximum Gasteiger partial charge on any atom is 0.0862 e. The van der Waals surface area contributed by atoms with E-state index in [-0.39, 0.29) is 0 Å². The Bertz CT molecular complexity index is 1310. The van der Waals surface area contributed by atoms with Gasteiger partial charge < -0.3 is 0 Å². The lowest BCUT2D eigenvalue weighted by atomic mass is 9.82. The summed E-state index contributed by atoms with van der Waals surface area (Å²) in [4.78, 5) is 0. The van der Waals surface area contributed by atoms with Crippen molar-refractivity contribution in [3.05, 3.63) is 150 Å². The van der Waals surface area contributed by atoms with Crippen molar-refractivity contribution in [2.24, 2.45) is 0 Å². The zero-order valence-corrected chi connectivity index (χ0v) is 19.9. The van der Waals surface area contributed by atoms with Crippen molar-refractivity contribution in [2.45, 2.75) is 17.4 Å². The summed E-state index contributed by atoms with van der Waals surface area (Å²) < 4.78 is 0.